The molecular weight excluding hydrogens is 221 g/mol. The number of carbonyl (C=O) groups is 1. The molecule has 1 saturated carbocycles. The fourth-order valence-corrected chi connectivity index (χ4v) is 1.90. The molecule has 1 fully saturated rings. The summed E-state index contributed by atoms with van der Waals surface area (Å²) in [5, 5.41) is 2.27. The maximum Gasteiger partial charge on any atom is 0.390 e. The van der Waals surface area contributed by atoms with Crippen LogP contribution in [0.2, 0.25) is 0 Å². The van der Waals surface area contributed by atoms with Crippen molar-refractivity contribution in [3.63, 3.8) is 0 Å². The van der Waals surface area contributed by atoms with Gasteiger partial charge in [0.05, 0.1) is 12.0 Å². The van der Waals surface area contributed by atoms with Gasteiger partial charge in [-0.05, 0) is 12.8 Å². The highest BCUT2D eigenvalue weighted by molar-refractivity contribution is 5.86. The average molecular weight is 238 g/mol. The molecule has 0 aliphatic heterocycles. The summed E-state index contributed by atoms with van der Waals surface area (Å²) >= 11 is 0. The zero-order chi connectivity index (χ0) is 12.2. The van der Waals surface area contributed by atoms with Gasteiger partial charge >= 0.3 is 6.18 Å². The highest BCUT2D eigenvalue weighted by Gasteiger charge is 2.35. The van der Waals surface area contributed by atoms with Crippen molar-refractivity contribution < 1.29 is 18.0 Å². The highest BCUT2D eigenvalue weighted by Crippen LogP contribution is 2.26. The molecule has 0 spiro atoms. The smallest absolute Gasteiger partial charge is 0.354 e. The van der Waals surface area contributed by atoms with Crippen LogP contribution in [0.4, 0.5) is 13.2 Å². The van der Waals surface area contributed by atoms with E-state index in [0.717, 1.165) is 19.3 Å². The molecule has 0 unspecified atom stereocenters. The van der Waals surface area contributed by atoms with Crippen LogP contribution >= 0.6 is 0 Å². The molecule has 1 rings (SSSR count). The first-order chi connectivity index (χ1) is 7.33. The van der Waals surface area contributed by atoms with Gasteiger partial charge in [-0.2, -0.15) is 13.2 Å². The van der Waals surface area contributed by atoms with Crippen LogP contribution in [-0.4, -0.2) is 24.2 Å². The lowest BCUT2D eigenvalue weighted by molar-refractivity contribution is -0.137. The monoisotopic (exact) mass is 238 g/mol. The van der Waals surface area contributed by atoms with E-state index in [0.29, 0.717) is 12.8 Å². The van der Waals surface area contributed by atoms with Crippen LogP contribution < -0.4 is 11.1 Å². The molecule has 0 radical (unpaired) electrons. The van der Waals surface area contributed by atoms with Gasteiger partial charge in [-0.25, -0.2) is 0 Å². The third-order valence-electron chi connectivity index (χ3n) is 2.89. The van der Waals surface area contributed by atoms with Crippen molar-refractivity contribution >= 4 is 5.91 Å². The van der Waals surface area contributed by atoms with Gasteiger partial charge in [0.25, 0.3) is 0 Å². The van der Waals surface area contributed by atoms with E-state index in [-0.39, 0.29) is 6.54 Å². The van der Waals surface area contributed by atoms with Crippen molar-refractivity contribution in [2.75, 3.05) is 6.54 Å². The zero-order valence-electron chi connectivity index (χ0n) is 9.07. The summed E-state index contributed by atoms with van der Waals surface area (Å²) in [5.74, 6) is -0.448. The Morgan fingerprint density at radius 1 is 1.25 bits per heavy atom. The van der Waals surface area contributed by atoms with E-state index in [4.69, 9.17) is 5.73 Å². The standard InChI is InChI=1S/C10H17F3N2O/c11-10(12,13)6-7-15-8(16)9(14)4-2-1-3-5-9/h1-7,14H2,(H,15,16). The van der Waals surface area contributed by atoms with Gasteiger partial charge in [-0.1, -0.05) is 19.3 Å². The van der Waals surface area contributed by atoms with Crippen LogP contribution in [0.3, 0.4) is 0 Å². The number of hydrogen-bond acceptors (Lipinski definition) is 2. The van der Waals surface area contributed by atoms with E-state index in [1.165, 1.54) is 0 Å². The lowest BCUT2D eigenvalue weighted by Crippen LogP contribution is -2.55. The topological polar surface area (TPSA) is 55.1 Å². The lowest BCUT2D eigenvalue weighted by atomic mass is 9.82. The van der Waals surface area contributed by atoms with Gasteiger partial charge in [0.2, 0.25) is 5.91 Å². The van der Waals surface area contributed by atoms with Gasteiger partial charge in [0, 0.05) is 6.54 Å². The van der Waals surface area contributed by atoms with Gasteiger partial charge in [0.1, 0.15) is 0 Å². The third kappa shape index (κ3) is 4.00. The Labute approximate surface area is 92.6 Å². The van der Waals surface area contributed by atoms with Crippen LogP contribution in [-0.2, 0) is 4.79 Å². The van der Waals surface area contributed by atoms with E-state index in [1.807, 2.05) is 0 Å². The molecule has 1 aliphatic rings. The minimum atomic E-state index is -4.23. The summed E-state index contributed by atoms with van der Waals surface area (Å²) < 4.78 is 35.6. The second-order valence-corrected chi connectivity index (χ2v) is 4.34. The van der Waals surface area contributed by atoms with E-state index < -0.39 is 24.0 Å². The molecule has 0 aromatic heterocycles. The summed E-state index contributed by atoms with van der Waals surface area (Å²) in [6.45, 7) is -0.388. The normalized spacial score (nSPS) is 20.5. The Kier molecular flexibility index (Phi) is 4.18. The molecule has 1 aliphatic carbocycles. The Bertz CT molecular complexity index is 247. The maximum atomic E-state index is 11.9. The fraction of sp³-hybridized carbons (Fsp3) is 0.900. The molecule has 0 atom stereocenters. The summed E-state index contributed by atoms with van der Waals surface area (Å²) in [4.78, 5) is 11.6. The summed E-state index contributed by atoms with van der Waals surface area (Å²) in [6.07, 6.45) is -1.35. The Morgan fingerprint density at radius 2 is 1.81 bits per heavy atom. The summed E-state index contributed by atoms with van der Waals surface area (Å²) in [6, 6.07) is 0. The number of amides is 1. The van der Waals surface area contributed by atoms with Crippen LogP contribution in [0.15, 0.2) is 0 Å². The summed E-state index contributed by atoms with van der Waals surface area (Å²) in [7, 11) is 0. The predicted molar refractivity (Wildman–Crippen MR) is 53.7 cm³/mol. The molecule has 0 aromatic carbocycles. The van der Waals surface area contributed by atoms with Crippen LogP contribution in [0.1, 0.15) is 38.5 Å². The molecule has 1 amide bonds. The number of nitrogens with two attached hydrogens (primary N) is 1. The number of alkyl halides is 3. The van der Waals surface area contributed by atoms with E-state index in [9.17, 15) is 18.0 Å². The highest BCUT2D eigenvalue weighted by atomic mass is 19.4. The van der Waals surface area contributed by atoms with Crippen molar-refractivity contribution in [2.45, 2.75) is 50.2 Å². The molecule has 94 valence electrons. The van der Waals surface area contributed by atoms with Crippen molar-refractivity contribution in [1.82, 2.24) is 5.32 Å². The molecule has 16 heavy (non-hydrogen) atoms. The molecule has 0 heterocycles. The fourth-order valence-electron chi connectivity index (χ4n) is 1.90. The number of rotatable bonds is 3. The molecule has 3 N–H and O–H groups in total. The van der Waals surface area contributed by atoms with E-state index in [1.54, 1.807) is 0 Å². The van der Waals surface area contributed by atoms with Gasteiger partial charge < -0.3 is 11.1 Å². The maximum absolute atomic E-state index is 11.9. The SMILES string of the molecule is NC1(C(=O)NCCC(F)(F)F)CCCCC1. The van der Waals surface area contributed by atoms with E-state index >= 15 is 0 Å². The first-order valence-corrected chi connectivity index (χ1v) is 5.47. The number of carbonyl (C=O) groups excluding carboxylic acids is 1. The predicted octanol–water partition coefficient (Wildman–Crippen LogP) is 1.72. The molecule has 0 saturated heterocycles. The molecule has 6 heteroatoms. The molecule has 3 nitrogen and oxygen atoms in total. The Balaban J connectivity index is 2.34. The van der Waals surface area contributed by atoms with Crippen molar-refractivity contribution in [3.8, 4) is 0 Å². The first-order valence-electron chi connectivity index (χ1n) is 5.47. The second-order valence-electron chi connectivity index (χ2n) is 4.34. The lowest BCUT2D eigenvalue weighted by Gasteiger charge is -2.31. The van der Waals surface area contributed by atoms with Crippen molar-refractivity contribution in [1.29, 1.82) is 0 Å². The Hall–Kier alpha value is -0.780. The first kappa shape index (κ1) is 13.3. The minimum Gasteiger partial charge on any atom is -0.354 e. The van der Waals surface area contributed by atoms with Crippen LogP contribution in [0.5, 0.6) is 0 Å². The van der Waals surface area contributed by atoms with Crippen molar-refractivity contribution in [2.24, 2.45) is 5.73 Å². The minimum absolute atomic E-state index is 0.388. The number of nitrogens with one attached hydrogen (secondary N) is 1. The van der Waals surface area contributed by atoms with Crippen molar-refractivity contribution in [3.05, 3.63) is 0 Å². The zero-order valence-corrected chi connectivity index (χ0v) is 9.07. The van der Waals surface area contributed by atoms with Gasteiger partial charge in [-0.3, -0.25) is 4.79 Å². The van der Waals surface area contributed by atoms with Crippen LogP contribution in [0.25, 0.3) is 0 Å². The number of hydrogen-bond donors (Lipinski definition) is 2. The molecule has 0 aromatic rings. The largest absolute Gasteiger partial charge is 0.390 e. The summed E-state index contributed by atoms with van der Waals surface area (Å²) in [5.41, 5.74) is 4.90. The molecular formula is C10H17F3N2O. The third-order valence-corrected chi connectivity index (χ3v) is 2.89. The van der Waals surface area contributed by atoms with Crippen LogP contribution in [0, 0.1) is 0 Å². The quantitative estimate of drug-likeness (QED) is 0.786. The average Bonchev–Trinajstić information content (AvgIpc) is 2.16. The molecule has 0 bridgehead atoms. The van der Waals surface area contributed by atoms with Gasteiger partial charge in [0.15, 0.2) is 0 Å². The van der Waals surface area contributed by atoms with Gasteiger partial charge in [-0.15, -0.1) is 0 Å². The number of halogens is 3. The Morgan fingerprint density at radius 3 is 2.31 bits per heavy atom. The van der Waals surface area contributed by atoms with E-state index in [2.05, 4.69) is 5.32 Å². The second kappa shape index (κ2) is 5.03.